The fraction of sp³-hybridized carbons (Fsp3) is 0.222. The Bertz CT molecular complexity index is 673. The van der Waals surface area contributed by atoms with Crippen LogP contribution in [0.1, 0.15) is 5.56 Å². The molecule has 0 spiro atoms. The predicted octanol–water partition coefficient (Wildman–Crippen LogP) is 2.67. The Labute approximate surface area is 135 Å². The molecule has 23 heavy (non-hydrogen) atoms. The summed E-state index contributed by atoms with van der Waals surface area (Å²) < 4.78 is 4.89. The van der Waals surface area contributed by atoms with E-state index in [-0.39, 0.29) is 12.5 Å². The summed E-state index contributed by atoms with van der Waals surface area (Å²) in [4.78, 5) is 27.4. The number of carbonyl (C=O) groups is 2. The maximum absolute atomic E-state index is 12.7. The summed E-state index contributed by atoms with van der Waals surface area (Å²) >= 11 is 0. The van der Waals surface area contributed by atoms with Gasteiger partial charge in [0.05, 0.1) is 13.1 Å². The minimum Gasteiger partial charge on any atom is -0.448 e. The number of nitrogens with zero attached hydrogens (tertiary/aromatic N) is 2. The number of benzene rings is 2. The van der Waals surface area contributed by atoms with E-state index >= 15 is 0 Å². The van der Waals surface area contributed by atoms with Gasteiger partial charge in [-0.3, -0.25) is 9.69 Å². The van der Waals surface area contributed by atoms with Crippen LogP contribution in [0.15, 0.2) is 60.7 Å². The Morgan fingerprint density at radius 1 is 1.04 bits per heavy atom. The van der Waals surface area contributed by atoms with Gasteiger partial charge in [0.2, 0.25) is 5.91 Å². The molecule has 5 heteroatoms. The number of ether oxygens (including phenoxy) is 1. The summed E-state index contributed by atoms with van der Waals surface area (Å²) in [5, 5.41) is 0. The van der Waals surface area contributed by atoms with Gasteiger partial charge in [0, 0.05) is 5.69 Å². The predicted molar refractivity (Wildman–Crippen MR) is 87.0 cm³/mol. The Balaban J connectivity index is 1.79. The zero-order chi connectivity index (χ0) is 16.1. The molecule has 0 radical (unpaired) electrons. The lowest BCUT2D eigenvalue weighted by Crippen LogP contribution is -2.40. The van der Waals surface area contributed by atoms with E-state index in [1.54, 1.807) is 4.90 Å². The van der Waals surface area contributed by atoms with Crippen molar-refractivity contribution in [1.29, 1.82) is 0 Å². The van der Waals surface area contributed by atoms with Crippen molar-refractivity contribution in [3.05, 3.63) is 66.2 Å². The Kier molecular flexibility index (Phi) is 4.57. The van der Waals surface area contributed by atoms with Crippen LogP contribution in [-0.2, 0) is 16.1 Å². The molecule has 1 fully saturated rings. The number of anilines is 1. The lowest BCUT2D eigenvalue weighted by Gasteiger charge is -2.25. The number of cyclic esters (lactones) is 1. The van der Waals surface area contributed by atoms with Crippen LogP contribution in [0.5, 0.6) is 0 Å². The lowest BCUT2D eigenvalue weighted by molar-refractivity contribution is -0.119. The van der Waals surface area contributed by atoms with Gasteiger partial charge in [0.15, 0.2) is 0 Å². The van der Waals surface area contributed by atoms with Gasteiger partial charge in [0.1, 0.15) is 13.2 Å². The molecule has 2 aromatic carbocycles. The molecule has 0 bridgehead atoms. The van der Waals surface area contributed by atoms with Gasteiger partial charge < -0.3 is 9.64 Å². The van der Waals surface area contributed by atoms with Gasteiger partial charge in [0.25, 0.3) is 0 Å². The Hall–Kier alpha value is -2.82. The molecule has 0 atom stereocenters. The zero-order valence-electron chi connectivity index (χ0n) is 12.7. The standard InChI is InChI=1S/C18H18N2O3/c21-17(14-19-11-12-23-18(19)22)20(16-9-5-2-6-10-16)13-15-7-3-1-4-8-15/h1-10H,11-14H2. The summed E-state index contributed by atoms with van der Waals surface area (Å²) in [5.74, 6) is -0.126. The normalized spacial score (nSPS) is 13.7. The third-order valence-corrected chi connectivity index (χ3v) is 3.72. The first-order valence-electron chi connectivity index (χ1n) is 7.55. The number of hydrogen-bond acceptors (Lipinski definition) is 3. The van der Waals surface area contributed by atoms with Crippen molar-refractivity contribution in [3.63, 3.8) is 0 Å². The molecule has 0 N–H and O–H groups in total. The Morgan fingerprint density at radius 3 is 2.30 bits per heavy atom. The van der Waals surface area contributed by atoms with Crippen LogP contribution < -0.4 is 4.90 Å². The number of rotatable bonds is 5. The SMILES string of the molecule is O=C1OCCN1CC(=O)N(Cc1ccccc1)c1ccccc1. The second-order valence-corrected chi connectivity index (χ2v) is 5.34. The third kappa shape index (κ3) is 3.69. The molecule has 2 amide bonds. The van der Waals surface area contributed by atoms with Crippen molar-refractivity contribution in [2.45, 2.75) is 6.54 Å². The van der Waals surface area contributed by atoms with Crippen LogP contribution in [0.4, 0.5) is 10.5 Å². The van der Waals surface area contributed by atoms with Crippen LogP contribution >= 0.6 is 0 Å². The van der Waals surface area contributed by atoms with Crippen molar-refractivity contribution in [2.24, 2.45) is 0 Å². The average Bonchev–Trinajstić information content (AvgIpc) is 2.99. The van der Waals surface area contributed by atoms with E-state index in [4.69, 9.17) is 4.74 Å². The van der Waals surface area contributed by atoms with Gasteiger partial charge in [-0.05, 0) is 17.7 Å². The highest BCUT2D eigenvalue weighted by Gasteiger charge is 2.27. The summed E-state index contributed by atoms with van der Waals surface area (Å²) in [5.41, 5.74) is 1.85. The summed E-state index contributed by atoms with van der Waals surface area (Å²) in [6.45, 7) is 1.29. The van der Waals surface area contributed by atoms with Crippen LogP contribution in [0, 0.1) is 0 Å². The first kappa shape index (κ1) is 15.1. The molecular weight excluding hydrogens is 292 g/mol. The van der Waals surface area contributed by atoms with E-state index < -0.39 is 6.09 Å². The molecule has 0 aromatic heterocycles. The van der Waals surface area contributed by atoms with Crippen molar-refractivity contribution in [1.82, 2.24) is 4.90 Å². The highest BCUT2D eigenvalue weighted by Crippen LogP contribution is 2.18. The zero-order valence-corrected chi connectivity index (χ0v) is 12.7. The molecule has 1 aliphatic rings. The largest absolute Gasteiger partial charge is 0.448 e. The van der Waals surface area contributed by atoms with E-state index in [0.29, 0.717) is 19.7 Å². The van der Waals surface area contributed by atoms with Crippen LogP contribution in [-0.4, -0.2) is 36.6 Å². The van der Waals surface area contributed by atoms with Crippen molar-refractivity contribution >= 4 is 17.7 Å². The van der Waals surface area contributed by atoms with Crippen LogP contribution in [0.25, 0.3) is 0 Å². The summed E-state index contributed by atoms with van der Waals surface area (Å²) in [7, 11) is 0. The fourth-order valence-electron chi connectivity index (χ4n) is 2.52. The summed E-state index contributed by atoms with van der Waals surface area (Å²) in [6, 6.07) is 19.3. The molecule has 0 saturated carbocycles. The molecule has 0 aliphatic carbocycles. The topological polar surface area (TPSA) is 49.9 Å². The van der Waals surface area contributed by atoms with Gasteiger partial charge in [-0.15, -0.1) is 0 Å². The van der Waals surface area contributed by atoms with Gasteiger partial charge in [-0.25, -0.2) is 4.79 Å². The van der Waals surface area contributed by atoms with E-state index in [1.165, 1.54) is 4.90 Å². The monoisotopic (exact) mass is 310 g/mol. The number of para-hydroxylation sites is 1. The number of hydrogen-bond donors (Lipinski definition) is 0. The molecule has 1 saturated heterocycles. The van der Waals surface area contributed by atoms with Crippen LogP contribution in [0.2, 0.25) is 0 Å². The van der Waals surface area contributed by atoms with Crippen LogP contribution in [0.3, 0.4) is 0 Å². The van der Waals surface area contributed by atoms with E-state index in [2.05, 4.69) is 0 Å². The number of carbonyl (C=O) groups excluding carboxylic acids is 2. The van der Waals surface area contributed by atoms with E-state index in [9.17, 15) is 9.59 Å². The fourth-order valence-corrected chi connectivity index (χ4v) is 2.52. The Morgan fingerprint density at radius 2 is 1.70 bits per heavy atom. The summed E-state index contributed by atoms with van der Waals surface area (Å²) in [6.07, 6.45) is -0.425. The van der Waals surface area contributed by atoms with Gasteiger partial charge >= 0.3 is 6.09 Å². The minimum absolute atomic E-state index is 0.0283. The van der Waals surface area contributed by atoms with E-state index in [1.807, 2.05) is 60.7 Å². The second kappa shape index (κ2) is 6.96. The first-order valence-corrected chi connectivity index (χ1v) is 7.55. The molecule has 1 aliphatic heterocycles. The van der Waals surface area contributed by atoms with Crippen molar-refractivity contribution in [3.8, 4) is 0 Å². The minimum atomic E-state index is -0.425. The maximum Gasteiger partial charge on any atom is 0.410 e. The number of amides is 2. The van der Waals surface area contributed by atoms with Crippen molar-refractivity contribution < 1.29 is 14.3 Å². The lowest BCUT2D eigenvalue weighted by atomic mass is 10.2. The molecule has 0 unspecified atom stereocenters. The highest BCUT2D eigenvalue weighted by atomic mass is 16.6. The molecule has 5 nitrogen and oxygen atoms in total. The molecule has 118 valence electrons. The molecule has 1 heterocycles. The third-order valence-electron chi connectivity index (χ3n) is 3.72. The quantitative estimate of drug-likeness (QED) is 0.853. The molecule has 2 aromatic rings. The van der Waals surface area contributed by atoms with E-state index in [0.717, 1.165) is 11.3 Å². The first-order chi connectivity index (χ1) is 11.2. The second-order valence-electron chi connectivity index (χ2n) is 5.34. The van der Waals surface area contributed by atoms with Gasteiger partial charge in [-0.1, -0.05) is 48.5 Å². The molecular formula is C18H18N2O3. The average molecular weight is 310 g/mol. The molecule has 3 rings (SSSR count). The maximum atomic E-state index is 12.7. The van der Waals surface area contributed by atoms with Gasteiger partial charge in [-0.2, -0.15) is 0 Å². The smallest absolute Gasteiger partial charge is 0.410 e. The van der Waals surface area contributed by atoms with Crippen molar-refractivity contribution in [2.75, 3.05) is 24.6 Å². The highest BCUT2D eigenvalue weighted by molar-refractivity contribution is 5.96.